The van der Waals surface area contributed by atoms with E-state index in [4.69, 9.17) is 0 Å². The van der Waals surface area contributed by atoms with E-state index in [0.717, 1.165) is 26.9 Å². The molecule has 0 aliphatic rings. The minimum Gasteiger partial charge on any atom is -0.236 e. The van der Waals surface area contributed by atoms with E-state index >= 15 is 0 Å². The van der Waals surface area contributed by atoms with Gasteiger partial charge in [0.15, 0.2) is 5.82 Å². The zero-order valence-electron chi connectivity index (χ0n) is 9.13. The molecule has 3 aromatic rings. The number of halogens is 1. The predicted octanol–water partition coefficient (Wildman–Crippen LogP) is 2.89. The summed E-state index contributed by atoms with van der Waals surface area (Å²) in [6.07, 6.45) is 1.82. The van der Waals surface area contributed by atoms with Gasteiger partial charge in [-0.1, -0.05) is 17.3 Å². The molecule has 0 radical (unpaired) electrons. The lowest BCUT2D eigenvalue weighted by atomic mass is 10.3. The second-order valence-corrected chi connectivity index (χ2v) is 4.66. The van der Waals surface area contributed by atoms with Crippen LogP contribution in [0.2, 0.25) is 0 Å². The van der Waals surface area contributed by atoms with Gasteiger partial charge in [-0.05, 0) is 46.6 Å². The van der Waals surface area contributed by atoms with Gasteiger partial charge in [0.2, 0.25) is 0 Å². The minimum atomic E-state index is 0.754. The van der Waals surface area contributed by atoms with Crippen molar-refractivity contribution in [3.63, 3.8) is 0 Å². The maximum absolute atomic E-state index is 4.38. The Morgan fingerprint density at radius 2 is 2.06 bits per heavy atom. The molecule has 0 amide bonds. The average molecular weight is 289 g/mol. The van der Waals surface area contributed by atoms with Crippen LogP contribution in [-0.4, -0.2) is 20.0 Å². The van der Waals surface area contributed by atoms with E-state index in [1.165, 1.54) is 0 Å². The van der Waals surface area contributed by atoms with Crippen LogP contribution < -0.4 is 0 Å². The van der Waals surface area contributed by atoms with Crippen molar-refractivity contribution in [2.24, 2.45) is 0 Å². The molecule has 0 bridgehead atoms. The number of nitrogens with zero attached hydrogens (tertiary/aromatic N) is 4. The van der Waals surface area contributed by atoms with Crippen LogP contribution in [0.15, 0.2) is 41.0 Å². The van der Waals surface area contributed by atoms with Crippen LogP contribution >= 0.6 is 15.9 Å². The molecule has 0 N–H and O–H groups in total. The highest BCUT2D eigenvalue weighted by molar-refractivity contribution is 9.10. The van der Waals surface area contributed by atoms with E-state index in [-0.39, 0.29) is 0 Å². The summed E-state index contributed by atoms with van der Waals surface area (Å²) in [5.41, 5.74) is 2.91. The number of pyridine rings is 1. The normalized spacial score (nSPS) is 10.9. The lowest BCUT2D eigenvalue weighted by molar-refractivity contribution is 0.797. The number of benzene rings is 1. The smallest absolute Gasteiger partial charge is 0.170 e. The second kappa shape index (κ2) is 3.92. The zero-order chi connectivity index (χ0) is 11.8. The van der Waals surface area contributed by atoms with Crippen LogP contribution in [0.1, 0.15) is 5.56 Å². The fourth-order valence-electron chi connectivity index (χ4n) is 1.71. The molecule has 0 spiro atoms. The third-order valence-corrected chi connectivity index (χ3v) is 3.09. The van der Waals surface area contributed by atoms with Crippen LogP contribution in [0, 0.1) is 6.92 Å². The Bertz CT molecular complexity index is 690. The van der Waals surface area contributed by atoms with Crippen molar-refractivity contribution < 1.29 is 0 Å². The van der Waals surface area contributed by atoms with Gasteiger partial charge in [0.1, 0.15) is 5.52 Å². The van der Waals surface area contributed by atoms with Crippen LogP contribution in [0.5, 0.6) is 0 Å². The summed E-state index contributed by atoms with van der Waals surface area (Å²) in [5, 5.41) is 8.24. The number of para-hydroxylation sites is 1. The molecule has 17 heavy (non-hydrogen) atoms. The highest BCUT2D eigenvalue weighted by atomic mass is 79.9. The monoisotopic (exact) mass is 288 g/mol. The van der Waals surface area contributed by atoms with E-state index in [1.807, 2.05) is 43.5 Å². The van der Waals surface area contributed by atoms with Crippen LogP contribution in [-0.2, 0) is 0 Å². The Hall–Kier alpha value is -1.75. The first-order chi connectivity index (χ1) is 8.25. The van der Waals surface area contributed by atoms with Crippen molar-refractivity contribution in [3.8, 4) is 5.82 Å². The Morgan fingerprint density at radius 1 is 1.24 bits per heavy atom. The maximum Gasteiger partial charge on any atom is 0.170 e. The Morgan fingerprint density at radius 3 is 2.88 bits per heavy atom. The van der Waals surface area contributed by atoms with E-state index in [0.29, 0.717) is 0 Å². The van der Waals surface area contributed by atoms with E-state index in [2.05, 4.69) is 31.2 Å². The van der Waals surface area contributed by atoms with Crippen LogP contribution in [0.25, 0.3) is 16.9 Å². The molecule has 0 saturated carbocycles. The number of hydrogen-bond acceptors (Lipinski definition) is 3. The molecule has 1 aromatic carbocycles. The maximum atomic E-state index is 4.38. The standard InChI is InChI=1S/C12H9BrN4/c1-8-6-9(13)12(14-7-8)17-11-5-3-2-4-10(11)15-16-17/h2-7H,1H3. The van der Waals surface area contributed by atoms with Gasteiger partial charge in [0.25, 0.3) is 0 Å². The van der Waals surface area contributed by atoms with E-state index < -0.39 is 0 Å². The van der Waals surface area contributed by atoms with Crippen molar-refractivity contribution in [3.05, 3.63) is 46.6 Å². The molecule has 2 aromatic heterocycles. The van der Waals surface area contributed by atoms with Gasteiger partial charge in [-0.3, -0.25) is 0 Å². The van der Waals surface area contributed by atoms with Gasteiger partial charge >= 0.3 is 0 Å². The molecule has 0 unspecified atom stereocenters. The van der Waals surface area contributed by atoms with Gasteiger partial charge in [-0.2, -0.15) is 4.68 Å². The fourth-order valence-corrected chi connectivity index (χ4v) is 2.34. The molecule has 3 rings (SSSR count). The summed E-state index contributed by atoms with van der Waals surface area (Å²) in [6.45, 7) is 2.00. The van der Waals surface area contributed by atoms with Gasteiger partial charge < -0.3 is 0 Å². The number of fused-ring (bicyclic) bond motifs is 1. The summed E-state index contributed by atoms with van der Waals surface area (Å²) >= 11 is 3.50. The van der Waals surface area contributed by atoms with Crippen molar-refractivity contribution in [2.75, 3.05) is 0 Å². The number of aryl methyl sites for hydroxylation is 1. The molecular weight excluding hydrogens is 280 g/mol. The Labute approximate surface area is 106 Å². The number of rotatable bonds is 1. The molecule has 0 aliphatic carbocycles. The molecule has 5 heteroatoms. The SMILES string of the molecule is Cc1cnc(-n2nnc3ccccc32)c(Br)c1. The Balaban J connectivity index is 2.27. The predicted molar refractivity (Wildman–Crippen MR) is 69.1 cm³/mol. The second-order valence-electron chi connectivity index (χ2n) is 3.81. The van der Waals surface area contributed by atoms with Gasteiger partial charge in [-0.15, -0.1) is 5.10 Å². The van der Waals surface area contributed by atoms with E-state index in [9.17, 15) is 0 Å². The van der Waals surface area contributed by atoms with Crippen LogP contribution in [0.4, 0.5) is 0 Å². The summed E-state index contributed by atoms with van der Waals surface area (Å²) in [4.78, 5) is 4.38. The minimum absolute atomic E-state index is 0.754. The number of aromatic nitrogens is 4. The first-order valence-corrected chi connectivity index (χ1v) is 5.98. The summed E-state index contributed by atoms with van der Waals surface area (Å²) in [5.74, 6) is 0.754. The molecule has 84 valence electrons. The quantitative estimate of drug-likeness (QED) is 0.692. The molecule has 2 heterocycles. The third kappa shape index (κ3) is 1.72. The molecule has 4 nitrogen and oxygen atoms in total. The van der Waals surface area contributed by atoms with Gasteiger partial charge in [0, 0.05) is 6.20 Å². The van der Waals surface area contributed by atoms with Gasteiger partial charge in [0.05, 0.1) is 9.99 Å². The summed E-state index contributed by atoms with van der Waals surface area (Å²) in [7, 11) is 0. The molecule has 0 aliphatic heterocycles. The lowest BCUT2D eigenvalue weighted by Gasteiger charge is -2.04. The summed E-state index contributed by atoms with van der Waals surface area (Å²) in [6, 6.07) is 9.83. The Kier molecular flexibility index (Phi) is 2.40. The van der Waals surface area contributed by atoms with E-state index in [1.54, 1.807) is 4.68 Å². The van der Waals surface area contributed by atoms with Crippen LogP contribution in [0.3, 0.4) is 0 Å². The lowest BCUT2D eigenvalue weighted by Crippen LogP contribution is -2.01. The largest absolute Gasteiger partial charge is 0.236 e. The highest BCUT2D eigenvalue weighted by Crippen LogP contribution is 2.22. The topological polar surface area (TPSA) is 43.6 Å². The molecule has 0 saturated heterocycles. The van der Waals surface area contributed by atoms with Crippen molar-refractivity contribution >= 4 is 27.0 Å². The highest BCUT2D eigenvalue weighted by Gasteiger charge is 2.09. The van der Waals surface area contributed by atoms with Crippen molar-refractivity contribution in [1.29, 1.82) is 0 Å². The average Bonchev–Trinajstić information content (AvgIpc) is 2.73. The summed E-state index contributed by atoms with van der Waals surface area (Å²) < 4.78 is 2.65. The first-order valence-electron chi connectivity index (χ1n) is 5.18. The molecule has 0 fully saturated rings. The van der Waals surface area contributed by atoms with Crippen molar-refractivity contribution in [1.82, 2.24) is 20.0 Å². The molecular formula is C12H9BrN4. The fraction of sp³-hybridized carbons (Fsp3) is 0.0833. The van der Waals surface area contributed by atoms with Crippen molar-refractivity contribution in [2.45, 2.75) is 6.92 Å². The zero-order valence-corrected chi connectivity index (χ0v) is 10.7. The third-order valence-electron chi connectivity index (χ3n) is 2.51. The molecule has 0 atom stereocenters. The number of hydrogen-bond donors (Lipinski definition) is 0. The first kappa shape index (κ1) is 10.4. The van der Waals surface area contributed by atoms with Gasteiger partial charge in [-0.25, -0.2) is 4.98 Å².